The molecule has 3 rings (SSSR count). The minimum Gasteiger partial charge on any atom is -0.346 e. The van der Waals surface area contributed by atoms with Crippen LogP contribution in [0.25, 0.3) is 17.2 Å². The van der Waals surface area contributed by atoms with Crippen molar-refractivity contribution in [2.75, 3.05) is 0 Å². The van der Waals surface area contributed by atoms with Gasteiger partial charge < -0.3 is 5.32 Å². The van der Waals surface area contributed by atoms with E-state index in [-0.39, 0.29) is 11.9 Å². The molecule has 3 aromatic rings. The molecule has 2 aromatic heterocycles. The van der Waals surface area contributed by atoms with Gasteiger partial charge in [-0.2, -0.15) is 0 Å². The molecule has 0 aliphatic rings. The molecular weight excluding hydrogens is 346 g/mol. The average Bonchev–Trinajstić information content (AvgIpc) is 2.68. The molecule has 0 saturated carbocycles. The Hall–Kier alpha value is -2.98. The van der Waals surface area contributed by atoms with Crippen LogP contribution in [-0.2, 0) is 4.79 Å². The fourth-order valence-corrected chi connectivity index (χ4v) is 2.64. The lowest BCUT2D eigenvalue weighted by atomic mass is 10.0. The SMILES string of the molecule is C[C@H](NC(=O)/C=C\c1ccncc1)c1cccc(-c2ccc(Cl)nc2)c1. The Morgan fingerprint density at radius 3 is 2.65 bits per heavy atom. The molecular formula is C21H18ClN3O. The van der Waals surface area contributed by atoms with E-state index in [2.05, 4.69) is 15.3 Å². The number of benzene rings is 1. The first-order valence-corrected chi connectivity index (χ1v) is 8.60. The minimum atomic E-state index is -0.145. The molecule has 4 nitrogen and oxygen atoms in total. The lowest BCUT2D eigenvalue weighted by molar-refractivity contribution is -0.117. The number of amides is 1. The summed E-state index contributed by atoms with van der Waals surface area (Å²) in [6, 6.07) is 15.3. The van der Waals surface area contributed by atoms with Gasteiger partial charge in [-0.15, -0.1) is 0 Å². The molecule has 0 bridgehead atoms. The van der Waals surface area contributed by atoms with Crippen LogP contribution in [0.15, 0.2) is 73.2 Å². The number of hydrogen-bond acceptors (Lipinski definition) is 3. The normalized spacial score (nSPS) is 12.1. The second-order valence-corrected chi connectivity index (χ2v) is 6.23. The van der Waals surface area contributed by atoms with E-state index in [1.54, 1.807) is 30.7 Å². The van der Waals surface area contributed by atoms with Gasteiger partial charge in [0.2, 0.25) is 5.91 Å². The molecule has 1 atom stereocenters. The molecule has 0 aliphatic carbocycles. The summed E-state index contributed by atoms with van der Waals surface area (Å²) in [5, 5.41) is 3.44. The molecule has 0 unspecified atom stereocenters. The van der Waals surface area contributed by atoms with Crippen LogP contribution in [0.1, 0.15) is 24.1 Å². The summed E-state index contributed by atoms with van der Waals surface area (Å²) < 4.78 is 0. The maximum Gasteiger partial charge on any atom is 0.244 e. The van der Waals surface area contributed by atoms with Crippen LogP contribution in [0, 0.1) is 0 Å². The van der Waals surface area contributed by atoms with E-state index in [0.717, 1.165) is 22.3 Å². The van der Waals surface area contributed by atoms with Crippen molar-refractivity contribution in [3.05, 3.63) is 89.5 Å². The van der Waals surface area contributed by atoms with E-state index < -0.39 is 0 Å². The van der Waals surface area contributed by atoms with Gasteiger partial charge in [0.1, 0.15) is 5.15 Å². The van der Waals surface area contributed by atoms with Crippen LogP contribution >= 0.6 is 11.6 Å². The number of carbonyl (C=O) groups is 1. The van der Waals surface area contributed by atoms with Crippen molar-refractivity contribution < 1.29 is 4.79 Å². The smallest absolute Gasteiger partial charge is 0.244 e. The topological polar surface area (TPSA) is 54.9 Å². The van der Waals surface area contributed by atoms with Crippen molar-refractivity contribution in [3.8, 4) is 11.1 Å². The highest BCUT2D eigenvalue weighted by molar-refractivity contribution is 6.29. The fourth-order valence-electron chi connectivity index (χ4n) is 2.53. The highest BCUT2D eigenvalue weighted by Gasteiger charge is 2.09. The number of rotatable bonds is 5. The third-order valence-corrected chi connectivity index (χ3v) is 4.16. The quantitative estimate of drug-likeness (QED) is 0.528. The number of hydrogen-bond donors (Lipinski definition) is 1. The molecule has 0 spiro atoms. The predicted molar refractivity (Wildman–Crippen MR) is 105 cm³/mol. The van der Waals surface area contributed by atoms with Gasteiger partial charge in [-0.25, -0.2) is 4.98 Å². The Bertz CT molecular complexity index is 908. The van der Waals surface area contributed by atoms with Gasteiger partial charge in [0.05, 0.1) is 6.04 Å². The van der Waals surface area contributed by atoms with E-state index >= 15 is 0 Å². The molecule has 26 heavy (non-hydrogen) atoms. The van der Waals surface area contributed by atoms with E-state index in [1.165, 1.54) is 6.08 Å². The van der Waals surface area contributed by atoms with E-state index in [1.807, 2.05) is 49.4 Å². The molecule has 5 heteroatoms. The highest BCUT2D eigenvalue weighted by Crippen LogP contribution is 2.23. The second kappa shape index (κ2) is 8.41. The standard InChI is InChI=1S/C21H18ClN3O/c1-15(25-21(26)8-5-16-9-11-23-12-10-16)17-3-2-4-18(13-17)19-6-7-20(22)24-14-19/h2-15H,1H3,(H,25,26)/b8-5-/t15-/m0/s1. The molecule has 0 radical (unpaired) electrons. The third kappa shape index (κ3) is 4.77. The number of halogens is 1. The van der Waals surface area contributed by atoms with Crippen molar-refractivity contribution >= 4 is 23.6 Å². The van der Waals surface area contributed by atoms with Gasteiger partial charge in [0.15, 0.2) is 0 Å². The lowest BCUT2D eigenvalue weighted by Crippen LogP contribution is -2.24. The van der Waals surface area contributed by atoms with Crippen molar-refractivity contribution in [2.45, 2.75) is 13.0 Å². The summed E-state index contributed by atoms with van der Waals surface area (Å²) in [7, 11) is 0. The van der Waals surface area contributed by atoms with Crippen LogP contribution < -0.4 is 5.32 Å². The van der Waals surface area contributed by atoms with Crippen LogP contribution in [0.3, 0.4) is 0 Å². The number of aromatic nitrogens is 2. The van der Waals surface area contributed by atoms with Crippen LogP contribution in [-0.4, -0.2) is 15.9 Å². The van der Waals surface area contributed by atoms with Gasteiger partial charge in [-0.05, 0) is 60.0 Å². The summed E-state index contributed by atoms with van der Waals surface area (Å²) in [5.74, 6) is -0.145. The number of pyridine rings is 2. The molecule has 1 aromatic carbocycles. The van der Waals surface area contributed by atoms with E-state index in [0.29, 0.717) is 5.15 Å². The predicted octanol–water partition coefficient (Wildman–Crippen LogP) is 4.69. The van der Waals surface area contributed by atoms with E-state index in [9.17, 15) is 4.79 Å². The lowest BCUT2D eigenvalue weighted by Gasteiger charge is -2.14. The molecule has 1 N–H and O–H groups in total. The first-order valence-electron chi connectivity index (χ1n) is 8.22. The fraction of sp³-hybridized carbons (Fsp3) is 0.0952. The van der Waals surface area contributed by atoms with Crippen molar-refractivity contribution in [3.63, 3.8) is 0 Å². The second-order valence-electron chi connectivity index (χ2n) is 5.84. The summed E-state index contributed by atoms with van der Waals surface area (Å²) in [6.07, 6.45) is 8.41. The number of carbonyl (C=O) groups excluding carboxylic acids is 1. The van der Waals surface area contributed by atoms with Crippen molar-refractivity contribution in [1.29, 1.82) is 0 Å². The summed E-state index contributed by atoms with van der Waals surface area (Å²) in [5.41, 5.74) is 3.95. The Morgan fingerprint density at radius 2 is 1.92 bits per heavy atom. The molecule has 0 fully saturated rings. The summed E-state index contributed by atoms with van der Waals surface area (Å²) >= 11 is 5.84. The van der Waals surface area contributed by atoms with Crippen LogP contribution in [0.2, 0.25) is 5.15 Å². The van der Waals surface area contributed by atoms with E-state index in [4.69, 9.17) is 11.6 Å². The average molecular weight is 364 g/mol. The molecule has 130 valence electrons. The zero-order valence-electron chi connectivity index (χ0n) is 14.3. The van der Waals surface area contributed by atoms with Crippen LogP contribution in [0.5, 0.6) is 0 Å². The van der Waals surface area contributed by atoms with Crippen molar-refractivity contribution in [1.82, 2.24) is 15.3 Å². The first-order chi connectivity index (χ1) is 12.6. The number of nitrogens with one attached hydrogen (secondary N) is 1. The molecule has 2 heterocycles. The molecule has 0 saturated heterocycles. The summed E-state index contributed by atoms with van der Waals surface area (Å²) in [6.45, 7) is 1.96. The van der Waals surface area contributed by atoms with Gasteiger partial charge in [0.25, 0.3) is 0 Å². The maximum absolute atomic E-state index is 12.2. The number of nitrogens with zero attached hydrogens (tertiary/aromatic N) is 2. The summed E-state index contributed by atoms with van der Waals surface area (Å²) in [4.78, 5) is 20.2. The molecule has 0 aliphatic heterocycles. The minimum absolute atomic E-state index is 0.121. The van der Waals surface area contributed by atoms with Crippen LogP contribution in [0.4, 0.5) is 0 Å². The zero-order chi connectivity index (χ0) is 18.4. The van der Waals surface area contributed by atoms with Gasteiger partial charge in [0, 0.05) is 30.2 Å². The monoisotopic (exact) mass is 363 g/mol. The largest absolute Gasteiger partial charge is 0.346 e. The zero-order valence-corrected chi connectivity index (χ0v) is 15.0. The third-order valence-electron chi connectivity index (χ3n) is 3.94. The van der Waals surface area contributed by atoms with Gasteiger partial charge >= 0.3 is 0 Å². The highest BCUT2D eigenvalue weighted by atomic mass is 35.5. The van der Waals surface area contributed by atoms with Gasteiger partial charge in [-0.1, -0.05) is 29.8 Å². The van der Waals surface area contributed by atoms with Gasteiger partial charge in [-0.3, -0.25) is 9.78 Å². The first kappa shape index (κ1) is 17.8. The Labute approximate surface area is 157 Å². The maximum atomic E-state index is 12.2. The Kier molecular flexibility index (Phi) is 5.77. The molecule has 1 amide bonds. The Morgan fingerprint density at radius 1 is 1.12 bits per heavy atom. The van der Waals surface area contributed by atoms with Crippen molar-refractivity contribution in [2.24, 2.45) is 0 Å². The Balaban J connectivity index is 1.69.